The van der Waals surface area contributed by atoms with Crippen molar-refractivity contribution >= 4 is 51.2 Å². The van der Waals surface area contributed by atoms with Crippen LogP contribution < -0.4 is 16.2 Å². The van der Waals surface area contributed by atoms with Crippen LogP contribution in [0.3, 0.4) is 0 Å². The highest BCUT2D eigenvalue weighted by Crippen LogP contribution is 2.36. The fourth-order valence-electron chi connectivity index (χ4n) is 2.27. The number of benzene rings is 1. The Morgan fingerprint density at radius 1 is 1.35 bits per heavy atom. The lowest BCUT2D eigenvalue weighted by atomic mass is 10.0. The largest absolute Gasteiger partial charge is 0.358 e. The van der Waals surface area contributed by atoms with Gasteiger partial charge in [0.1, 0.15) is 11.2 Å². The molecule has 0 fully saturated rings. The SMILES string of the molecule is CC(=O)NNC1CN=C(c2ccccc2Cl)c2cc(Cl)sc2N1. The van der Waals surface area contributed by atoms with E-state index in [-0.39, 0.29) is 12.1 Å². The predicted molar refractivity (Wildman–Crippen MR) is 95.7 cm³/mol. The molecule has 0 bridgehead atoms. The molecule has 1 amide bonds. The zero-order valence-electron chi connectivity index (χ0n) is 12.2. The van der Waals surface area contributed by atoms with Crippen molar-refractivity contribution in [1.29, 1.82) is 0 Å². The first kappa shape index (κ1) is 16.3. The zero-order chi connectivity index (χ0) is 16.4. The molecule has 3 N–H and O–H groups in total. The summed E-state index contributed by atoms with van der Waals surface area (Å²) in [5.41, 5.74) is 8.02. The minimum absolute atomic E-state index is 0.171. The van der Waals surface area contributed by atoms with Gasteiger partial charge in [-0.1, -0.05) is 41.4 Å². The van der Waals surface area contributed by atoms with Crippen LogP contribution in [-0.2, 0) is 4.79 Å². The van der Waals surface area contributed by atoms with Crippen LogP contribution in [0.2, 0.25) is 9.36 Å². The number of hydrazine groups is 1. The molecule has 2 heterocycles. The minimum Gasteiger partial charge on any atom is -0.358 e. The summed E-state index contributed by atoms with van der Waals surface area (Å²) in [6, 6.07) is 9.43. The van der Waals surface area contributed by atoms with E-state index in [1.165, 1.54) is 18.3 Å². The van der Waals surface area contributed by atoms with E-state index in [0.717, 1.165) is 21.8 Å². The molecule has 0 saturated carbocycles. The number of anilines is 1. The number of carbonyl (C=O) groups is 1. The first-order valence-corrected chi connectivity index (χ1v) is 8.49. The van der Waals surface area contributed by atoms with Gasteiger partial charge in [0.2, 0.25) is 5.91 Å². The molecule has 2 aromatic rings. The summed E-state index contributed by atoms with van der Waals surface area (Å²) in [6.45, 7) is 1.87. The summed E-state index contributed by atoms with van der Waals surface area (Å²) in [5.74, 6) is -0.171. The molecule has 1 aliphatic heterocycles. The number of rotatable bonds is 3. The highest BCUT2D eigenvalue weighted by atomic mass is 35.5. The third-order valence-corrected chi connectivity index (χ3v) is 4.77. The molecule has 0 spiro atoms. The van der Waals surface area contributed by atoms with E-state index in [4.69, 9.17) is 23.2 Å². The Balaban J connectivity index is 1.99. The predicted octanol–water partition coefficient (Wildman–Crippen LogP) is 3.28. The van der Waals surface area contributed by atoms with Gasteiger partial charge < -0.3 is 5.32 Å². The molecule has 1 aromatic heterocycles. The quantitative estimate of drug-likeness (QED) is 0.728. The lowest BCUT2D eigenvalue weighted by Gasteiger charge is -2.17. The van der Waals surface area contributed by atoms with Gasteiger partial charge in [0.05, 0.1) is 16.6 Å². The number of nitrogens with zero attached hydrogens (tertiary/aromatic N) is 1. The number of halogens is 2. The maximum absolute atomic E-state index is 11.1. The van der Waals surface area contributed by atoms with Crippen molar-refractivity contribution < 1.29 is 4.79 Å². The number of amides is 1. The van der Waals surface area contributed by atoms with E-state index in [9.17, 15) is 4.79 Å². The first-order valence-electron chi connectivity index (χ1n) is 6.92. The Kier molecular flexibility index (Phi) is 4.87. The summed E-state index contributed by atoms with van der Waals surface area (Å²) in [7, 11) is 0. The normalized spacial score (nSPS) is 16.8. The van der Waals surface area contributed by atoms with Gasteiger partial charge in [-0.2, -0.15) is 0 Å². The molecule has 3 rings (SSSR count). The second-order valence-corrected chi connectivity index (χ2v) is 7.08. The number of hydrogen-bond acceptors (Lipinski definition) is 5. The van der Waals surface area contributed by atoms with Gasteiger partial charge >= 0.3 is 0 Å². The molecular weight excluding hydrogens is 355 g/mol. The molecule has 1 aromatic carbocycles. The topological polar surface area (TPSA) is 65.5 Å². The van der Waals surface area contributed by atoms with Gasteiger partial charge in [-0.25, -0.2) is 5.43 Å². The van der Waals surface area contributed by atoms with Crippen molar-refractivity contribution in [2.45, 2.75) is 13.1 Å². The average molecular weight is 369 g/mol. The number of nitrogens with one attached hydrogen (secondary N) is 3. The van der Waals surface area contributed by atoms with E-state index in [0.29, 0.717) is 15.9 Å². The van der Waals surface area contributed by atoms with Crippen molar-refractivity contribution in [2.24, 2.45) is 4.99 Å². The number of fused-ring (bicyclic) bond motifs is 1. The summed E-state index contributed by atoms with van der Waals surface area (Å²) in [4.78, 5) is 15.8. The van der Waals surface area contributed by atoms with Gasteiger partial charge in [-0.3, -0.25) is 15.2 Å². The monoisotopic (exact) mass is 368 g/mol. The third kappa shape index (κ3) is 3.67. The van der Waals surface area contributed by atoms with Crippen LogP contribution in [-0.4, -0.2) is 24.3 Å². The van der Waals surface area contributed by atoms with Crippen LogP contribution in [0.15, 0.2) is 35.3 Å². The Morgan fingerprint density at radius 3 is 2.87 bits per heavy atom. The maximum Gasteiger partial charge on any atom is 0.231 e. The van der Waals surface area contributed by atoms with Crippen molar-refractivity contribution in [2.75, 3.05) is 11.9 Å². The summed E-state index contributed by atoms with van der Waals surface area (Å²) in [6.07, 6.45) is -0.243. The van der Waals surface area contributed by atoms with E-state index < -0.39 is 0 Å². The van der Waals surface area contributed by atoms with Crippen molar-refractivity contribution in [3.63, 3.8) is 0 Å². The number of thiophene rings is 1. The molecular formula is C15H14Cl2N4OS. The molecule has 8 heteroatoms. The summed E-state index contributed by atoms with van der Waals surface area (Å²) < 4.78 is 0.655. The zero-order valence-corrected chi connectivity index (χ0v) is 14.5. The number of carbonyl (C=O) groups excluding carboxylic acids is 1. The molecule has 0 aliphatic carbocycles. The molecule has 0 saturated heterocycles. The highest BCUT2D eigenvalue weighted by molar-refractivity contribution is 7.20. The van der Waals surface area contributed by atoms with Gasteiger partial charge in [0.15, 0.2) is 0 Å². The van der Waals surface area contributed by atoms with Crippen LogP contribution in [0.5, 0.6) is 0 Å². The summed E-state index contributed by atoms with van der Waals surface area (Å²) in [5, 5.41) is 4.82. The molecule has 120 valence electrons. The first-order chi connectivity index (χ1) is 11.0. The Morgan fingerprint density at radius 2 is 2.13 bits per heavy atom. The smallest absolute Gasteiger partial charge is 0.231 e. The molecule has 1 atom stereocenters. The van der Waals surface area contributed by atoms with Crippen molar-refractivity contribution in [1.82, 2.24) is 10.9 Å². The molecule has 1 aliphatic rings. The average Bonchev–Trinajstić information content (AvgIpc) is 2.78. The van der Waals surface area contributed by atoms with E-state index in [1.807, 2.05) is 30.3 Å². The fraction of sp³-hybridized carbons (Fsp3) is 0.200. The van der Waals surface area contributed by atoms with Gasteiger partial charge in [0.25, 0.3) is 0 Å². The fourth-order valence-corrected chi connectivity index (χ4v) is 3.67. The van der Waals surface area contributed by atoms with E-state index >= 15 is 0 Å². The molecule has 0 radical (unpaired) electrons. The Hall–Kier alpha value is -1.60. The standard InChI is InChI=1S/C15H14Cl2N4OS/c1-8(22)20-21-13-7-18-14(9-4-2-3-5-11(9)16)10-6-12(17)23-15(10)19-13/h2-6,13,19,21H,7H2,1H3,(H,20,22). The third-order valence-electron chi connectivity index (χ3n) is 3.25. The molecule has 1 unspecified atom stereocenters. The van der Waals surface area contributed by atoms with E-state index in [1.54, 1.807) is 0 Å². The van der Waals surface area contributed by atoms with Crippen LogP contribution in [0.25, 0.3) is 0 Å². The van der Waals surface area contributed by atoms with Crippen LogP contribution in [0, 0.1) is 0 Å². The Labute approximate surface area is 147 Å². The van der Waals surface area contributed by atoms with Crippen LogP contribution >= 0.6 is 34.5 Å². The second-order valence-electron chi connectivity index (χ2n) is 4.98. The molecule has 23 heavy (non-hydrogen) atoms. The maximum atomic E-state index is 11.1. The minimum atomic E-state index is -0.243. The lowest BCUT2D eigenvalue weighted by Crippen LogP contribution is -2.48. The van der Waals surface area contributed by atoms with Crippen LogP contribution in [0.1, 0.15) is 18.1 Å². The second kappa shape index (κ2) is 6.88. The van der Waals surface area contributed by atoms with Crippen molar-refractivity contribution in [3.8, 4) is 0 Å². The summed E-state index contributed by atoms with van der Waals surface area (Å²) >= 11 is 13.9. The number of aliphatic imine (C=N–C) groups is 1. The lowest BCUT2D eigenvalue weighted by molar-refractivity contribution is -0.120. The van der Waals surface area contributed by atoms with Gasteiger partial charge in [0, 0.05) is 23.1 Å². The van der Waals surface area contributed by atoms with Gasteiger partial charge in [-0.05, 0) is 12.1 Å². The highest BCUT2D eigenvalue weighted by Gasteiger charge is 2.23. The number of hydrogen-bond donors (Lipinski definition) is 3. The molecule has 5 nitrogen and oxygen atoms in total. The Bertz CT molecular complexity index is 775. The van der Waals surface area contributed by atoms with E-state index in [2.05, 4.69) is 21.2 Å². The van der Waals surface area contributed by atoms with Crippen molar-refractivity contribution in [3.05, 3.63) is 50.8 Å². The van der Waals surface area contributed by atoms with Gasteiger partial charge in [-0.15, -0.1) is 11.3 Å². The van der Waals surface area contributed by atoms with Crippen LogP contribution in [0.4, 0.5) is 5.00 Å².